The minimum Gasteiger partial charge on any atom is -0.427 e. The Morgan fingerprint density at radius 1 is 1.07 bits per heavy atom. The molecule has 2 heteroatoms. The van der Waals surface area contributed by atoms with E-state index in [2.05, 4.69) is 54.4 Å². The lowest BCUT2D eigenvalue weighted by Gasteiger charge is -2.40. The Morgan fingerprint density at radius 3 is 1.64 bits per heavy atom. The van der Waals surface area contributed by atoms with Crippen LogP contribution in [0.1, 0.15) is 34.6 Å². The average Bonchev–Trinajstić information content (AvgIpc) is 2.05. The van der Waals surface area contributed by atoms with E-state index in [-0.39, 0.29) is 17.9 Å². The molecule has 0 saturated carbocycles. The summed E-state index contributed by atoms with van der Waals surface area (Å²) in [6.07, 6.45) is 0. The van der Waals surface area contributed by atoms with Gasteiger partial charge < -0.3 is 4.65 Å². The van der Waals surface area contributed by atoms with Crippen molar-refractivity contribution >= 4 is 6.92 Å². The molecule has 0 aliphatic rings. The standard InChI is InChI=1S/C10H21BO.C2H4/c1-8-11(7)12-10(5,6)9(2,3)4;1-2/h8H,1H2,2-7H3;1-2H2. The van der Waals surface area contributed by atoms with Gasteiger partial charge in [-0.05, 0) is 19.3 Å². The molecule has 0 heterocycles. The van der Waals surface area contributed by atoms with Gasteiger partial charge in [0.05, 0.1) is 5.60 Å². The molecule has 0 atom stereocenters. The fourth-order valence-corrected chi connectivity index (χ4v) is 0.690. The van der Waals surface area contributed by atoms with Gasteiger partial charge in [-0.15, -0.1) is 19.7 Å². The number of hydrogen-bond acceptors (Lipinski definition) is 1. The number of rotatable bonds is 3. The lowest BCUT2D eigenvalue weighted by molar-refractivity contribution is 0.000187. The van der Waals surface area contributed by atoms with Gasteiger partial charge >= 0.3 is 6.92 Å². The van der Waals surface area contributed by atoms with Gasteiger partial charge in [0.25, 0.3) is 0 Å². The first-order valence-corrected chi connectivity index (χ1v) is 5.01. The quantitative estimate of drug-likeness (QED) is 0.490. The Kier molecular flexibility index (Phi) is 6.92. The zero-order chi connectivity index (χ0) is 12.0. The highest BCUT2D eigenvalue weighted by Crippen LogP contribution is 2.33. The van der Waals surface area contributed by atoms with Crippen molar-refractivity contribution in [3.63, 3.8) is 0 Å². The summed E-state index contributed by atoms with van der Waals surface area (Å²) >= 11 is 0. The number of hydrogen-bond donors (Lipinski definition) is 0. The van der Waals surface area contributed by atoms with Crippen LogP contribution in [0.2, 0.25) is 6.82 Å². The van der Waals surface area contributed by atoms with Crippen LogP contribution < -0.4 is 0 Å². The molecule has 0 aromatic carbocycles. The van der Waals surface area contributed by atoms with E-state index in [1.807, 2.05) is 12.8 Å². The summed E-state index contributed by atoms with van der Waals surface area (Å²) in [6.45, 7) is 22.6. The Labute approximate surface area is 90.4 Å². The lowest BCUT2D eigenvalue weighted by Crippen LogP contribution is -2.42. The molecule has 0 saturated heterocycles. The highest BCUT2D eigenvalue weighted by atomic mass is 16.5. The molecule has 0 aromatic heterocycles. The average molecular weight is 196 g/mol. The zero-order valence-electron chi connectivity index (χ0n) is 10.7. The minimum atomic E-state index is -0.111. The minimum absolute atomic E-state index is 0.111. The third-order valence-corrected chi connectivity index (χ3v) is 2.62. The second-order valence-electron chi connectivity index (χ2n) is 4.82. The van der Waals surface area contributed by atoms with Crippen LogP contribution in [0.5, 0.6) is 0 Å². The molecule has 82 valence electrons. The van der Waals surface area contributed by atoms with Gasteiger partial charge in [0, 0.05) is 0 Å². The lowest BCUT2D eigenvalue weighted by atomic mass is 9.68. The molecule has 0 aliphatic heterocycles. The van der Waals surface area contributed by atoms with Crippen molar-refractivity contribution in [1.29, 1.82) is 0 Å². The van der Waals surface area contributed by atoms with Gasteiger partial charge in [-0.2, -0.15) is 0 Å². The van der Waals surface area contributed by atoms with Gasteiger partial charge in [-0.25, -0.2) is 0 Å². The van der Waals surface area contributed by atoms with Gasteiger partial charge in [-0.3, -0.25) is 0 Å². The van der Waals surface area contributed by atoms with Crippen LogP contribution in [0.3, 0.4) is 0 Å². The summed E-state index contributed by atoms with van der Waals surface area (Å²) in [5.41, 5.74) is 0.0465. The normalized spacial score (nSPS) is 11.3. The van der Waals surface area contributed by atoms with Gasteiger partial charge in [0.2, 0.25) is 0 Å². The molecular weight excluding hydrogens is 171 g/mol. The van der Waals surface area contributed by atoms with E-state index in [9.17, 15) is 0 Å². The summed E-state index contributed by atoms with van der Waals surface area (Å²) in [4.78, 5) is 0. The maximum absolute atomic E-state index is 5.83. The Balaban J connectivity index is 0. The second-order valence-corrected chi connectivity index (χ2v) is 4.82. The highest BCUT2D eigenvalue weighted by Gasteiger charge is 2.34. The maximum Gasteiger partial charge on any atom is 0.316 e. The first-order valence-electron chi connectivity index (χ1n) is 5.01. The first-order chi connectivity index (χ1) is 6.20. The summed E-state index contributed by atoms with van der Waals surface area (Å²) < 4.78 is 5.83. The van der Waals surface area contributed by atoms with Gasteiger partial charge in [-0.1, -0.05) is 33.6 Å². The summed E-state index contributed by atoms with van der Waals surface area (Å²) in [6, 6.07) is 0. The summed E-state index contributed by atoms with van der Waals surface area (Å²) in [5.74, 6) is 1.83. The third-order valence-electron chi connectivity index (χ3n) is 2.62. The van der Waals surface area contributed by atoms with E-state index in [0.717, 1.165) is 0 Å². The summed E-state index contributed by atoms with van der Waals surface area (Å²) in [7, 11) is 0. The molecule has 0 rings (SSSR count). The van der Waals surface area contributed by atoms with Crippen molar-refractivity contribution < 1.29 is 4.65 Å². The van der Waals surface area contributed by atoms with Crippen LogP contribution in [0.15, 0.2) is 25.7 Å². The molecule has 0 bridgehead atoms. The zero-order valence-corrected chi connectivity index (χ0v) is 10.7. The van der Waals surface area contributed by atoms with Crippen molar-refractivity contribution in [3.05, 3.63) is 25.7 Å². The van der Waals surface area contributed by atoms with E-state index in [4.69, 9.17) is 4.65 Å². The molecule has 0 unspecified atom stereocenters. The van der Waals surface area contributed by atoms with E-state index in [1.165, 1.54) is 0 Å². The molecule has 0 aliphatic carbocycles. The Hall–Kier alpha value is -0.495. The monoisotopic (exact) mass is 196 g/mol. The molecule has 0 aromatic rings. The third kappa shape index (κ3) is 5.28. The van der Waals surface area contributed by atoms with Crippen LogP contribution in [-0.4, -0.2) is 12.5 Å². The maximum atomic E-state index is 5.83. The largest absolute Gasteiger partial charge is 0.427 e. The van der Waals surface area contributed by atoms with Crippen molar-refractivity contribution in [1.82, 2.24) is 0 Å². The van der Waals surface area contributed by atoms with Crippen molar-refractivity contribution in [2.75, 3.05) is 0 Å². The molecular formula is C12H25BO. The smallest absolute Gasteiger partial charge is 0.316 e. The van der Waals surface area contributed by atoms with Crippen molar-refractivity contribution in [2.24, 2.45) is 5.41 Å². The van der Waals surface area contributed by atoms with Crippen LogP contribution in [0.25, 0.3) is 0 Å². The molecule has 0 amide bonds. The van der Waals surface area contributed by atoms with E-state index >= 15 is 0 Å². The van der Waals surface area contributed by atoms with E-state index in [1.54, 1.807) is 0 Å². The fourth-order valence-electron chi connectivity index (χ4n) is 0.690. The Morgan fingerprint density at radius 2 is 1.43 bits per heavy atom. The van der Waals surface area contributed by atoms with E-state index < -0.39 is 0 Å². The second kappa shape index (κ2) is 6.08. The molecule has 0 fully saturated rings. The van der Waals surface area contributed by atoms with Crippen LogP contribution >= 0.6 is 0 Å². The van der Waals surface area contributed by atoms with Crippen LogP contribution in [-0.2, 0) is 4.65 Å². The highest BCUT2D eigenvalue weighted by molar-refractivity contribution is 6.56. The fraction of sp³-hybridized carbons (Fsp3) is 0.667. The van der Waals surface area contributed by atoms with Crippen molar-refractivity contribution in [2.45, 2.75) is 47.0 Å². The van der Waals surface area contributed by atoms with Gasteiger partial charge in [0.15, 0.2) is 0 Å². The molecule has 14 heavy (non-hydrogen) atoms. The SMILES string of the molecule is C=C.C=CB(C)OC(C)(C)C(C)(C)C. The molecule has 0 radical (unpaired) electrons. The van der Waals surface area contributed by atoms with Crippen LogP contribution in [0.4, 0.5) is 0 Å². The predicted octanol–water partition coefficient (Wildman–Crippen LogP) is 3.98. The molecule has 1 nitrogen and oxygen atoms in total. The molecule has 0 N–H and O–H groups in total. The van der Waals surface area contributed by atoms with Crippen molar-refractivity contribution in [3.8, 4) is 0 Å². The molecule has 0 spiro atoms. The Bertz CT molecular complexity index is 168. The summed E-state index contributed by atoms with van der Waals surface area (Å²) in [5, 5.41) is 0. The predicted molar refractivity (Wildman–Crippen MR) is 67.7 cm³/mol. The van der Waals surface area contributed by atoms with Gasteiger partial charge in [0.1, 0.15) is 0 Å². The topological polar surface area (TPSA) is 9.23 Å². The van der Waals surface area contributed by atoms with E-state index in [0.29, 0.717) is 0 Å². The van der Waals surface area contributed by atoms with Crippen LogP contribution in [0, 0.1) is 5.41 Å². The first kappa shape index (κ1) is 16.0.